The number of nitrogens with two attached hydrogens (primary N) is 1. The smallest absolute Gasteiger partial charge is 0.0704 e. The van der Waals surface area contributed by atoms with Gasteiger partial charge in [-0.15, -0.1) is 0 Å². The Bertz CT molecular complexity index is 515. The van der Waals surface area contributed by atoms with Crippen molar-refractivity contribution in [2.45, 2.75) is 39.2 Å². The van der Waals surface area contributed by atoms with E-state index in [1.807, 2.05) is 12.3 Å². The van der Waals surface area contributed by atoms with Crippen molar-refractivity contribution in [1.82, 2.24) is 10.4 Å². The lowest BCUT2D eigenvalue weighted by Gasteiger charge is -2.25. The number of hydrogen-bond acceptors (Lipinski definition) is 3. The van der Waals surface area contributed by atoms with Crippen molar-refractivity contribution >= 4 is 10.9 Å². The van der Waals surface area contributed by atoms with Gasteiger partial charge in [-0.05, 0) is 30.0 Å². The highest BCUT2D eigenvalue weighted by Gasteiger charge is 2.18. The van der Waals surface area contributed by atoms with Gasteiger partial charge in [0.2, 0.25) is 0 Å². The highest BCUT2D eigenvalue weighted by atomic mass is 15.2. The molecule has 19 heavy (non-hydrogen) atoms. The standard InChI is InChI=1S/C16H23N3/c1-3-12(4-2)16(19-17)11-13-9-10-18-15-8-6-5-7-14(13)15/h5-10,12,16,19H,3-4,11,17H2,1-2H3. The number of nitrogens with zero attached hydrogens (tertiary/aromatic N) is 1. The lowest BCUT2D eigenvalue weighted by atomic mass is 9.89. The van der Waals surface area contributed by atoms with Crippen LogP contribution in [0.25, 0.3) is 10.9 Å². The minimum atomic E-state index is 0.320. The molecule has 1 aromatic heterocycles. The molecular weight excluding hydrogens is 234 g/mol. The van der Waals surface area contributed by atoms with Crippen LogP contribution in [-0.2, 0) is 6.42 Å². The van der Waals surface area contributed by atoms with E-state index < -0.39 is 0 Å². The Hall–Kier alpha value is -1.45. The lowest BCUT2D eigenvalue weighted by molar-refractivity contribution is 0.336. The molecule has 1 atom stereocenters. The maximum atomic E-state index is 5.75. The maximum Gasteiger partial charge on any atom is 0.0704 e. The lowest BCUT2D eigenvalue weighted by Crippen LogP contribution is -2.42. The monoisotopic (exact) mass is 257 g/mol. The van der Waals surface area contributed by atoms with Crippen LogP contribution in [0.15, 0.2) is 36.5 Å². The van der Waals surface area contributed by atoms with Gasteiger partial charge in [0.05, 0.1) is 5.52 Å². The quantitative estimate of drug-likeness (QED) is 0.617. The summed E-state index contributed by atoms with van der Waals surface area (Å²) in [4.78, 5) is 4.41. The molecule has 0 amide bonds. The second kappa shape index (κ2) is 6.64. The van der Waals surface area contributed by atoms with Gasteiger partial charge < -0.3 is 0 Å². The SMILES string of the molecule is CCC(CC)C(Cc1ccnc2ccccc12)NN. The number of benzene rings is 1. The van der Waals surface area contributed by atoms with E-state index in [0.29, 0.717) is 12.0 Å². The topological polar surface area (TPSA) is 50.9 Å². The maximum absolute atomic E-state index is 5.75. The summed E-state index contributed by atoms with van der Waals surface area (Å²) in [6.45, 7) is 4.45. The molecule has 0 aliphatic carbocycles. The van der Waals surface area contributed by atoms with Crippen molar-refractivity contribution in [2.75, 3.05) is 0 Å². The number of rotatable bonds is 6. The molecule has 3 nitrogen and oxygen atoms in total. The van der Waals surface area contributed by atoms with Crippen LogP contribution in [-0.4, -0.2) is 11.0 Å². The number of nitrogens with one attached hydrogen (secondary N) is 1. The van der Waals surface area contributed by atoms with E-state index in [1.54, 1.807) is 0 Å². The number of hydrazine groups is 1. The van der Waals surface area contributed by atoms with Gasteiger partial charge in [-0.25, -0.2) is 0 Å². The van der Waals surface area contributed by atoms with E-state index in [9.17, 15) is 0 Å². The molecule has 1 heterocycles. The van der Waals surface area contributed by atoms with E-state index in [-0.39, 0.29) is 0 Å². The normalized spacial score (nSPS) is 13.1. The van der Waals surface area contributed by atoms with E-state index in [2.05, 4.69) is 48.5 Å². The van der Waals surface area contributed by atoms with Crippen molar-refractivity contribution in [1.29, 1.82) is 0 Å². The van der Waals surface area contributed by atoms with E-state index in [0.717, 1.165) is 24.8 Å². The molecule has 1 aromatic carbocycles. The Morgan fingerprint density at radius 3 is 2.58 bits per heavy atom. The molecule has 0 spiro atoms. The number of fused-ring (bicyclic) bond motifs is 1. The highest BCUT2D eigenvalue weighted by Crippen LogP contribution is 2.21. The molecule has 1 unspecified atom stereocenters. The van der Waals surface area contributed by atoms with Crippen LogP contribution < -0.4 is 11.3 Å². The van der Waals surface area contributed by atoms with Gasteiger partial charge in [0, 0.05) is 17.6 Å². The molecule has 0 saturated heterocycles. The van der Waals surface area contributed by atoms with Crippen LogP contribution >= 0.6 is 0 Å². The molecule has 0 saturated carbocycles. The Balaban J connectivity index is 2.29. The van der Waals surface area contributed by atoms with Crippen molar-refractivity contribution < 1.29 is 0 Å². The second-order valence-electron chi connectivity index (χ2n) is 5.04. The molecule has 0 radical (unpaired) electrons. The van der Waals surface area contributed by atoms with Crippen LogP contribution in [0.5, 0.6) is 0 Å². The van der Waals surface area contributed by atoms with E-state index >= 15 is 0 Å². The van der Waals surface area contributed by atoms with Gasteiger partial charge in [0.1, 0.15) is 0 Å². The van der Waals surface area contributed by atoms with Crippen LogP contribution in [0.1, 0.15) is 32.3 Å². The van der Waals surface area contributed by atoms with Gasteiger partial charge >= 0.3 is 0 Å². The third kappa shape index (κ3) is 3.11. The summed E-state index contributed by atoms with van der Waals surface area (Å²) in [7, 11) is 0. The average Bonchev–Trinajstić information content (AvgIpc) is 2.47. The molecule has 2 aromatic rings. The fourth-order valence-corrected chi connectivity index (χ4v) is 2.79. The first kappa shape index (κ1) is 14.0. The first-order chi connectivity index (χ1) is 9.30. The van der Waals surface area contributed by atoms with Crippen LogP contribution in [0.2, 0.25) is 0 Å². The Kier molecular flexibility index (Phi) is 4.88. The zero-order chi connectivity index (χ0) is 13.7. The second-order valence-corrected chi connectivity index (χ2v) is 5.04. The average molecular weight is 257 g/mol. The molecule has 0 aliphatic rings. The molecule has 2 rings (SSSR count). The summed E-state index contributed by atoms with van der Waals surface area (Å²) in [5, 5.41) is 1.23. The zero-order valence-electron chi connectivity index (χ0n) is 11.8. The fourth-order valence-electron chi connectivity index (χ4n) is 2.79. The Labute approximate surface area is 115 Å². The number of hydrogen-bond donors (Lipinski definition) is 2. The molecule has 0 fully saturated rings. The Morgan fingerprint density at radius 1 is 1.16 bits per heavy atom. The summed E-state index contributed by atoms with van der Waals surface area (Å²) in [6.07, 6.45) is 5.13. The minimum absolute atomic E-state index is 0.320. The number of para-hydroxylation sites is 1. The first-order valence-corrected chi connectivity index (χ1v) is 7.08. The van der Waals surface area contributed by atoms with Gasteiger partial charge in [-0.1, -0.05) is 44.9 Å². The van der Waals surface area contributed by atoms with Crippen LogP contribution in [0.4, 0.5) is 0 Å². The minimum Gasteiger partial charge on any atom is -0.271 e. The summed E-state index contributed by atoms with van der Waals surface area (Å²) < 4.78 is 0. The zero-order valence-corrected chi connectivity index (χ0v) is 11.8. The van der Waals surface area contributed by atoms with Crippen LogP contribution in [0.3, 0.4) is 0 Å². The number of pyridine rings is 1. The largest absolute Gasteiger partial charge is 0.271 e. The summed E-state index contributed by atoms with van der Waals surface area (Å²) >= 11 is 0. The molecule has 3 N–H and O–H groups in total. The molecule has 0 aliphatic heterocycles. The van der Waals surface area contributed by atoms with E-state index in [4.69, 9.17) is 5.84 Å². The van der Waals surface area contributed by atoms with Crippen molar-refractivity contribution in [3.05, 3.63) is 42.1 Å². The van der Waals surface area contributed by atoms with Gasteiger partial charge in [-0.2, -0.15) is 0 Å². The van der Waals surface area contributed by atoms with Crippen LogP contribution in [0, 0.1) is 5.92 Å². The van der Waals surface area contributed by atoms with Crippen molar-refractivity contribution in [3.8, 4) is 0 Å². The predicted octanol–water partition coefficient (Wildman–Crippen LogP) is 3.05. The van der Waals surface area contributed by atoms with Crippen molar-refractivity contribution in [2.24, 2.45) is 11.8 Å². The van der Waals surface area contributed by atoms with Crippen molar-refractivity contribution in [3.63, 3.8) is 0 Å². The van der Waals surface area contributed by atoms with Gasteiger partial charge in [0.25, 0.3) is 0 Å². The Morgan fingerprint density at radius 2 is 1.89 bits per heavy atom. The van der Waals surface area contributed by atoms with Gasteiger partial charge in [0.15, 0.2) is 0 Å². The highest BCUT2D eigenvalue weighted by molar-refractivity contribution is 5.81. The third-order valence-electron chi connectivity index (χ3n) is 4.01. The first-order valence-electron chi connectivity index (χ1n) is 7.08. The summed E-state index contributed by atoms with van der Waals surface area (Å²) in [6, 6.07) is 10.7. The van der Waals surface area contributed by atoms with E-state index in [1.165, 1.54) is 10.9 Å². The third-order valence-corrected chi connectivity index (χ3v) is 4.01. The summed E-state index contributed by atoms with van der Waals surface area (Å²) in [5.74, 6) is 6.36. The molecular formula is C16H23N3. The number of aromatic nitrogens is 1. The molecule has 3 heteroatoms. The van der Waals surface area contributed by atoms with Gasteiger partial charge in [-0.3, -0.25) is 16.3 Å². The fraction of sp³-hybridized carbons (Fsp3) is 0.438. The summed E-state index contributed by atoms with van der Waals surface area (Å²) in [5.41, 5.74) is 5.37. The predicted molar refractivity (Wildman–Crippen MR) is 80.6 cm³/mol. The molecule has 0 bridgehead atoms. The molecule has 102 valence electrons.